The molecule has 3 rings (SSSR count). The molecule has 3 aromatic carbocycles. The van der Waals surface area contributed by atoms with E-state index in [1.165, 1.54) is 12.1 Å². The molecule has 0 aliphatic carbocycles. The Kier molecular flexibility index (Phi) is 5.13. The van der Waals surface area contributed by atoms with E-state index in [9.17, 15) is 9.65 Å². The molecule has 0 heterocycles. The third kappa shape index (κ3) is 4.07. The van der Waals surface area contributed by atoms with E-state index in [-0.39, 0.29) is 11.5 Å². The Bertz CT molecular complexity index is 911. The Hall–Kier alpha value is -3.51. The fourth-order valence-electron chi connectivity index (χ4n) is 2.44. The van der Waals surface area contributed by atoms with E-state index in [1.54, 1.807) is 18.2 Å². The summed E-state index contributed by atoms with van der Waals surface area (Å²) in [6, 6.07) is 27.6. The van der Waals surface area contributed by atoms with Crippen molar-refractivity contribution >= 4 is 11.8 Å². The van der Waals surface area contributed by atoms with Crippen molar-refractivity contribution in [1.29, 1.82) is 5.26 Å². The highest BCUT2D eigenvalue weighted by Gasteiger charge is 2.08. The van der Waals surface area contributed by atoms with Gasteiger partial charge in [0.25, 0.3) is 0 Å². The van der Waals surface area contributed by atoms with Crippen LogP contribution in [0.5, 0.6) is 0 Å². The van der Waals surface area contributed by atoms with Crippen molar-refractivity contribution in [2.45, 2.75) is 0 Å². The maximum absolute atomic E-state index is 13.9. The van der Waals surface area contributed by atoms with Crippen LogP contribution in [0.25, 0.3) is 6.08 Å². The second kappa shape index (κ2) is 7.85. The second-order valence-electron chi connectivity index (χ2n) is 5.36. The zero-order valence-electron chi connectivity index (χ0n) is 13.4. The summed E-state index contributed by atoms with van der Waals surface area (Å²) in [6.07, 6.45) is 1.46. The molecule has 0 fully saturated rings. The van der Waals surface area contributed by atoms with Gasteiger partial charge in [-0.25, -0.2) is 9.38 Å². The molecule has 25 heavy (non-hydrogen) atoms. The Labute approximate surface area is 146 Å². The largest absolute Gasteiger partial charge is 0.236 e. The molecule has 0 bridgehead atoms. The third-order valence-electron chi connectivity index (χ3n) is 3.64. The van der Waals surface area contributed by atoms with E-state index >= 15 is 0 Å². The zero-order valence-corrected chi connectivity index (χ0v) is 13.4. The smallest absolute Gasteiger partial charge is 0.141 e. The van der Waals surface area contributed by atoms with E-state index < -0.39 is 0 Å². The van der Waals surface area contributed by atoms with Crippen LogP contribution >= 0.6 is 0 Å². The van der Waals surface area contributed by atoms with Crippen molar-refractivity contribution in [1.82, 2.24) is 0 Å². The zero-order chi connectivity index (χ0) is 17.5. The molecule has 0 amide bonds. The van der Waals surface area contributed by atoms with E-state index in [0.29, 0.717) is 11.3 Å². The topological polar surface area (TPSA) is 36.1 Å². The summed E-state index contributed by atoms with van der Waals surface area (Å²) in [5.41, 5.74) is 2.94. The standard InChI is InChI=1S/C22H15FN2/c23-21-14-8-7-13-19(21)15-20(16-24)25-22(17-9-3-1-4-10-17)18-11-5-2-6-12-18/h1-15H. The molecular weight excluding hydrogens is 311 g/mol. The van der Waals surface area contributed by atoms with Gasteiger partial charge < -0.3 is 0 Å². The Balaban J connectivity index is 2.12. The third-order valence-corrected chi connectivity index (χ3v) is 3.64. The SMILES string of the molecule is N#CC(=Cc1ccccc1F)N=C(c1ccccc1)c1ccccc1. The van der Waals surface area contributed by atoms with Gasteiger partial charge >= 0.3 is 0 Å². The second-order valence-corrected chi connectivity index (χ2v) is 5.36. The predicted octanol–water partition coefficient (Wildman–Crippen LogP) is 5.23. The molecular formula is C22H15FN2. The molecule has 0 atom stereocenters. The molecule has 0 unspecified atom stereocenters. The Morgan fingerprint density at radius 1 is 0.800 bits per heavy atom. The van der Waals surface area contributed by atoms with Gasteiger partial charge in [0.2, 0.25) is 0 Å². The predicted molar refractivity (Wildman–Crippen MR) is 98.5 cm³/mol. The van der Waals surface area contributed by atoms with Gasteiger partial charge in [0, 0.05) is 16.7 Å². The minimum atomic E-state index is -0.383. The molecule has 0 N–H and O–H groups in total. The van der Waals surface area contributed by atoms with Crippen LogP contribution in [0.15, 0.2) is 95.6 Å². The van der Waals surface area contributed by atoms with E-state index in [1.807, 2.05) is 60.7 Å². The fourth-order valence-corrected chi connectivity index (χ4v) is 2.44. The van der Waals surface area contributed by atoms with Gasteiger partial charge in [-0.2, -0.15) is 5.26 Å². The molecule has 0 aliphatic rings. The number of nitrogens with zero attached hydrogens (tertiary/aromatic N) is 2. The molecule has 120 valence electrons. The normalized spacial score (nSPS) is 10.8. The summed E-state index contributed by atoms with van der Waals surface area (Å²) in [7, 11) is 0. The first-order valence-electron chi connectivity index (χ1n) is 7.84. The molecule has 0 aromatic heterocycles. The van der Waals surface area contributed by atoms with E-state index in [4.69, 9.17) is 0 Å². The summed E-state index contributed by atoms with van der Waals surface area (Å²) in [6.45, 7) is 0. The van der Waals surface area contributed by atoms with Crippen LogP contribution in [-0.4, -0.2) is 5.71 Å². The number of hydrogen-bond donors (Lipinski definition) is 0. The van der Waals surface area contributed by atoms with Gasteiger partial charge in [-0.3, -0.25) is 0 Å². The van der Waals surface area contributed by atoms with Crippen LogP contribution in [0.1, 0.15) is 16.7 Å². The average molecular weight is 326 g/mol. The first kappa shape index (κ1) is 16.4. The van der Waals surface area contributed by atoms with Crippen LogP contribution < -0.4 is 0 Å². The first-order valence-corrected chi connectivity index (χ1v) is 7.84. The lowest BCUT2D eigenvalue weighted by Gasteiger charge is -2.07. The molecule has 0 aliphatic heterocycles. The van der Waals surface area contributed by atoms with Gasteiger partial charge in [0.1, 0.15) is 17.6 Å². The van der Waals surface area contributed by atoms with Crippen LogP contribution in [0.3, 0.4) is 0 Å². The lowest BCUT2D eigenvalue weighted by molar-refractivity contribution is 0.625. The van der Waals surface area contributed by atoms with Crippen LogP contribution in [-0.2, 0) is 0 Å². The molecule has 3 heteroatoms. The van der Waals surface area contributed by atoms with Crippen molar-refractivity contribution < 1.29 is 4.39 Å². The number of rotatable bonds is 4. The number of benzene rings is 3. The quantitative estimate of drug-likeness (QED) is 0.478. The molecule has 0 spiro atoms. The lowest BCUT2D eigenvalue weighted by Crippen LogP contribution is -2.03. The van der Waals surface area contributed by atoms with Crippen LogP contribution in [0.2, 0.25) is 0 Å². The van der Waals surface area contributed by atoms with E-state index in [2.05, 4.69) is 11.1 Å². The number of aliphatic imine (C=N–C) groups is 1. The number of nitriles is 1. The maximum atomic E-state index is 13.9. The van der Waals surface area contributed by atoms with Crippen molar-refractivity contribution in [2.24, 2.45) is 4.99 Å². The molecule has 2 nitrogen and oxygen atoms in total. The monoisotopic (exact) mass is 326 g/mol. The molecule has 0 saturated heterocycles. The number of halogens is 1. The fraction of sp³-hybridized carbons (Fsp3) is 0. The minimum Gasteiger partial charge on any atom is -0.236 e. The minimum absolute atomic E-state index is 0.146. The van der Waals surface area contributed by atoms with Gasteiger partial charge in [0.15, 0.2) is 0 Å². The van der Waals surface area contributed by atoms with Gasteiger partial charge in [-0.1, -0.05) is 78.9 Å². The summed E-state index contributed by atoms with van der Waals surface area (Å²) in [5.74, 6) is -0.383. The molecule has 3 aromatic rings. The molecule has 0 radical (unpaired) electrons. The van der Waals surface area contributed by atoms with E-state index in [0.717, 1.165) is 11.1 Å². The number of allylic oxidation sites excluding steroid dienone is 1. The Morgan fingerprint density at radius 3 is 1.84 bits per heavy atom. The summed E-state index contributed by atoms with van der Waals surface area (Å²) in [4.78, 5) is 4.52. The summed E-state index contributed by atoms with van der Waals surface area (Å²) >= 11 is 0. The first-order chi connectivity index (χ1) is 12.3. The highest BCUT2D eigenvalue weighted by Crippen LogP contribution is 2.16. The van der Waals surface area contributed by atoms with Crippen LogP contribution in [0.4, 0.5) is 4.39 Å². The summed E-state index contributed by atoms with van der Waals surface area (Å²) in [5, 5.41) is 9.47. The van der Waals surface area contributed by atoms with Crippen molar-refractivity contribution in [3.63, 3.8) is 0 Å². The summed E-state index contributed by atoms with van der Waals surface area (Å²) < 4.78 is 13.9. The highest BCUT2D eigenvalue weighted by molar-refractivity contribution is 6.13. The van der Waals surface area contributed by atoms with Crippen molar-refractivity contribution in [3.8, 4) is 6.07 Å². The highest BCUT2D eigenvalue weighted by atomic mass is 19.1. The van der Waals surface area contributed by atoms with Crippen molar-refractivity contribution in [2.75, 3.05) is 0 Å². The van der Waals surface area contributed by atoms with Crippen LogP contribution in [0, 0.1) is 17.1 Å². The molecule has 0 saturated carbocycles. The van der Waals surface area contributed by atoms with Gasteiger partial charge in [0.05, 0.1) is 5.71 Å². The maximum Gasteiger partial charge on any atom is 0.141 e. The van der Waals surface area contributed by atoms with Gasteiger partial charge in [-0.05, 0) is 12.1 Å². The Morgan fingerprint density at radius 2 is 1.32 bits per heavy atom. The van der Waals surface area contributed by atoms with Gasteiger partial charge in [-0.15, -0.1) is 0 Å². The lowest BCUT2D eigenvalue weighted by atomic mass is 10.0. The number of hydrogen-bond acceptors (Lipinski definition) is 2. The van der Waals surface area contributed by atoms with Crippen molar-refractivity contribution in [3.05, 3.63) is 113 Å². The average Bonchev–Trinajstić information content (AvgIpc) is 2.68.